The predicted molar refractivity (Wildman–Crippen MR) is 78.4 cm³/mol. The maximum Gasteiger partial charge on any atom is 0.120 e. The first kappa shape index (κ1) is 14.1. The number of phenolic OH excluding ortho intramolecular Hbond substituents is 1. The molecule has 1 aromatic carbocycles. The van der Waals surface area contributed by atoms with Crippen molar-refractivity contribution in [3.8, 4) is 5.75 Å². The van der Waals surface area contributed by atoms with Gasteiger partial charge in [-0.25, -0.2) is 0 Å². The molecule has 0 aliphatic rings. The summed E-state index contributed by atoms with van der Waals surface area (Å²) in [7, 11) is 0. The van der Waals surface area contributed by atoms with Gasteiger partial charge in [0.1, 0.15) is 5.75 Å². The summed E-state index contributed by atoms with van der Waals surface area (Å²) in [4.78, 5) is 3.40. The van der Waals surface area contributed by atoms with Crippen LogP contribution in [0.2, 0.25) is 0 Å². The molecule has 4 heteroatoms. The van der Waals surface area contributed by atoms with E-state index in [1.165, 1.54) is 4.88 Å². The third-order valence-electron chi connectivity index (χ3n) is 3.00. The number of phenols is 1. The van der Waals surface area contributed by atoms with Gasteiger partial charge in [0, 0.05) is 30.1 Å². The lowest BCUT2D eigenvalue weighted by Crippen LogP contribution is -2.25. The normalized spacial score (nSPS) is 11.1. The summed E-state index contributed by atoms with van der Waals surface area (Å²) in [5.74, 6) is 0.319. The minimum atomic E-state index is 0.123. The minimum absolute atomic E-state index is 0.123. The van der Waals surface area contributed by atoms with E-state index in [4.69, 9.17) is 5.11 Å². The van der Waals surface area contributed by atoms with Crippen molar-refractivity contribution in [1.29, 1.82) is 0 Å². The first-order valence-corrected chi connectivity index (χ1v) is 7.21. The molecular weight excluding hydrogens is 258 g/mol. The van der Waals surface area contributed by atoms with Crippen LogP contribution in [-0.4, -0.2) is 28.3 Å². The fourth-order valence-corrected chi connectivity index (χ4v) is 2.81. The molecule has 0 aliphatic carbocycles. The van der Waals surface area contributed by atoms with Crippen LogP contribution in [-0.2, 0) is 13.1 Å². The minimum Gasteiger partial charge on any atom is -0.508 e. The van der Waals surface area contributed by atoms with E-state index in [2.05, 4.69) is 16.3 Å². The summed E-state index contributed by atoms with van der Waals surface area (Å²) in [6.07, 6.45) is 0. The summed E-state index contributed by atoms with van der Waals surface area (Å²) in [6, 6.07) is 9.74. The molecule has 0 bridgehead atoms. The van der Waals surface area contributed by atoms with E-state index in [0.717, 1.165) is 17.7 Å². The number of hydrogen-bond donors (Lipinski definition) is 2. The highest BCUT2D eigenvalue weighted by Crippen LogP contribution is 2.21. The van der Waals surface area contributed by atoms with E-state index in [9.17, 15) is 5.11 Å². The molecule has 0 atom stereocenters. The second-order valence-electron chi connectivity index (χ2n) is 4.65. The Labute approximate surface area is 117 Å². The quantitative estimate of drug-likeness (QED) is 0.853. The van der Waals surface area contributed by atoms with Crippen LogP contribution in [0, 0.1) is 6.92 Å². The van der Waals surface area contributed by atoms with Gasteiger partial charge in [-0.1, -0.05) is 23.8 Å². The SMILES string of the molecule is Cc1ccc(O)c(CN(CCO)Cc2cccs2)c1. The summed E-state index contributed by atoms with van der Waals surface area (Å²) < 4.78 is 0. The Bertz CT molecular complexity index is 511. The molecule has 0 saturated heterocycles. The summed E-state index contributed by atoms with van der Waals surface area (Å²) in [5.41, 5.74) is 2.04. The molecule has 0 amide bonds. The standard InChI is InChI=1S/C15H19NO2S/c1-12-4-5-15(18)13(9-12)10-16(6-7-17)11-14-3-2-8-19-14/h2-5,8-9,17-18H,6-7,10-11H2,1H3. The molecule has 1 aromatic heterocycles. The van der Waals surface area contributed by atoms with Gasteiger partial charge in [0.2, 0.25) is 0 Å². The van der Waals surface area contributed by atoms with Crippen molar-refractivity contribution in [2.75, 3.05) is 13.2 Å². The first-order chi connectivity index (χ1) is 9.19. The van der Waals surface area contributed by atoms with E-state index >= 15 is 0 Å². The number of thiophene rings is 1. The van der Waals surface area contributed by atoms with Crippen molar-refractivity contribution >= 4 is 11.3 Å². The third-order valence-corrected chi connectivity index (χ3v) is 3.87. The zero-order valence-corrected chi connectivity index (χ0v) is 11.9. The molecule has 1 heterocycles. The number of aryl methyl sites for hydroxylation is 1. The molecule has 2 aromatic rings. The highest BCUT2D eigenvalue weighted by Gasteiger charge is 2.10. The van der Waals surface area contributed by atoms with Crippen LogP contribution in [0.25, 0.3) is 0 Å². The zero-order chi connectivity index (χ0) is 13.7. The monoisotopic (exact) mass is 277 g/mol. The molecule has 102 valence electrons. The van der Waals surface area contributed by atoms with Gasteiger partial charge >= 0.3 is 0 Å². The van der Waals surface area contributed by atoms with Gasteiger partial charge in [-0.2, -0.15) is 0 Å². The number of rotatable bonds is 6. The molecular formula is C15H19NO2S. The van der Waals surface area contributed by atoms with Crippen LogP contribution in [0.4, 0.5) is 0 Å². The van der Waals surface area contributed by atoms with Crippen molar-refractivity contribution < 1.29 is 10.2 Å². The van der Waals surface area contributed by atoms with Crippen LogP contribution >= 0.6 is 11.3 Å². The van der Waals surface area contributed by atoms with Gasteiger partial charge in [0.25, 0.3) is 0 Å². The Morgan fingerprint density at radius 1 is 1.21 bits per heavy atom. The fourth-order valence-electron chi connectivity index (χ4n) is 2.06. The molecule has 19 heavy (non-hydrogen) atoms. The molecule has 0 aliphatic heterocycles. The van der Waals surface area contributed by atoms with E-state index < -0.39 is 0 Å². The Hall–Kier alpha value is -1.36. The largest absolute Gasteiger partial charge is 0.508 e. The lowest BCUT2D eigenvalue weighted by atomic mass is 10.1. The van der Waals surface area contributed by atoms with Gasteiger partial charge in [-0.05, 0) is 24.4 Å². The van der Waals surface area contributed by atoms with Gasteiger partial charge in [-0.15, -0.1) is 11.3 Å². The second kappa shape index (κ2) is 6.70. The van der Waals surface area contributed by atoms with E-state index in [0.29, 0.717) is 18.8 Å². The van der Waals surface area contributed by atoms with Crippen LogP contribution in [0.5, 0.6) is 5.75 Å². The van der Waals surface area contributed by atoms with Crippen LogP contribution in [0.1, 0.15) is 16.0 Å². The molecule has 0 fully saturated rings. The van der Waals surface area contributed by atoms with Crippen molar-refractivity contribution in [1.82, 2.24) is 4.90 Å². The molecule has 0 radical (unpaired) electrons. The van der Waals surface area contributed by atoms with E-state index in [1.807, 2.05) is 25.1 Å². The van der Waals surface area contributed by atoms with Gasteiger partial charge < -0.3 is 10.2 Å². The summed E-state index contributed by atoms with van der Waals surface area (Å²) >= 11 is 1.71. The number of aromatic hydroxyl groups is 1. The van der Waals surface area contributed by atoms with Crippen molar-refractivity contribution in [3.05, 3.63) is 51.7 Å². The maximum absolute atomic E-state index is 9.89. The number of aliphatic hydroxyl groups excluding tert-OH is 1. The van der Waals surface area contributed by atoms with Crippen molar-refractivity contribution in [2.24, 2.45) is 0 Å². The zero-order valence-electron chi connectivity index (χ0n) is 11.0. The van der Waals surface area contributed by atoms with Crippen LogP contribution in [0.15, 0.2) is 35.7 Å². The first-order valence-electron chi connectivity index (χ1n) is 6.33. The molecule has 0 unspecified atom stereocenters. The lowest BCUT2D eigenvalue weighted by molar-refractivity contribution is 0.184. The number of nitrogens with zero attached hydrogens (tertiary/aromatic N) is 1. The molecule has 2 N–H and O–H groups in total. The second-order valence-corrected chi connectivity index (χ2v) is 5.68. The van der Waals surface area contributed by atoms with Crippen LogP contribution in [0.3, 0.4) is 0 Å². The number of hydrogen-bond acceptors (Lipinski definition) is 4. The third kappa shape index (κ3) is 4.06. The molecule has 3 nitrogen and oxygen atoms in total. The van der Waals surface area contributed by atoms with Crippen LogP contribution < -0.4 is 0 Å². The summed E-state index contributed by atoms with van der Waals surface area (Å²) in [6.45, 7) is 4.18. The average Bonchev–Trinajstić information content (AvgIpc) is 2.87. The Balaban J connectivity index is 2.09. The van der Waals surface area contributed by atoms with Crippen molar-refractivity contribution in [2.45, 2.75) is 20.0 Å². The maximum atomic E-state index is 9.89. The fraction of sp³-hybridized carbons (Fsp3) is 0.333. The number of benzene rings is 1. The molecule has 0 saturated carbocycles. The van der Waals surface area contributed by atoms with Crippen molar-refractivity contribution in [3.63, 3.8) is 0 Å². The molecule has 2 rings (SSSR count). The van der Waals surface area contributed by atoms with Gasteiger partial charge in [0.05, 0.1) is 6.61 Å². The van der Waals surface area contributed by atoms with E-state index in [1.54, 1.807) is 17.4 Å². The Morgan fingerprint density at radius 2 is 2.05 bits per heavy atom. The lowest BCUT2D eigenvalue weighted by Gasteiger charge is -2.21. The highest BCUT2D eigenvalue weighted by molar-refractivity contribution is 7.09. The van der Waals surface area contributed by atoms with E-state index in [-0.39, 0.29) is 6.61 Å². The van der Waals surface area contributed by atoms with Gasteiger partial charge in [0.15, 0.2) is 0 Å². The predicted octanol–water partition coefficient (Wildman–Crippen LogP) is 2.76. The molecule has 0 spiro atoms. The topological polar surface area (TPSA) is 43.7 Å². The van der Waals surface area contributed by atoms with Gasteiger partial charge in [-0.3, -0.25) is 4.90 Å². The smallest absolute Gasteiger partial charge is 0.120 e. The average molecular weight is 277 g/mol. The Morgan fingerprint density at radius 3 is 2.74 bits per heavy atom. The Kier molecular flexibility index (Phi) is 4.96. The highest BCUT2D eigenvalue weighted by atomic mass is 32.1. The number of aliphatic hydroxyl groups is 1. The summed E-state index contributed by atoms with van der Waals surface area (Å²) in [5, 5.41) is 21.1.